The molecule has 1 aliphatic rings. The van der Waals surface area contributed by atoms with Crippen molar-refractivity contribution in [1.82, 2.24) is 34.8 Å². The molecule has 0 saturated carbocycles. The van der Waals surface area contributed by atoms with Crippen LogP contribution in [0.15, 0.2) is 67.1 Å². The predicted molar refractivity (Wildman–Crippen MR) is 132 cm³/mol. The number of hydrogen-bond donors (Lipinski definition) is 2. The maximum absolute atomic E-state index is 6.29. The third-order valence-electron chi connectivity index (χ3n) is 6.37. The molecule has 2 aromatic carbocycles. The third kappa shape index (κ3) is 3.82. The van der Waals surface area contributed by atoms with Gasteiger partial charge >= 0.3 is 0 Å². The summed E-state index contributed by atoms with van der Waals surface area (Å²) in [5, 5.41) is 13.9. The molecule has 3 aromatic heterocycles. The number of nitrogens with two attached hydrogens (primary N) is 1. The van der Waals surface area contributed by atoms with Crippen molar-refractivity contribution in [1.29, 1.82) is 0 Å². The van der Waals surface area contributed by atoms with Gasteiger partial charge in [-0.1, -0.05) is 54.6 Å². The number of benzene rings is 2. The Labute approximate surface area is 197 Å². The molecule has 169 valence electrons. The standard InChI is InChI=1S/C26H25N8/c27-25-23-24(32-34(26(23)30-17-29-25)21-10-13-28-14-11-21)20-8-6-19(7-9-20)22-12-15-33(31-22)16-18-4-2-1-3-5-18/h1-9,15,17,21,28H,10-11,13-14,16H2,(H2,27,29,30). The first-order valence-electron chi connectivity index (χ1n) is 11.6. The average Bonchev–Trinajstić information content (AvgIpc) is 3.51. The van der Waals surface area contributed by atoms with Crippen LogP contribution < -0.4 is 11.1 Å². The van der Waals surface area contributed by atoms with Crippen LogP contribution in [0.5, 0.6) is 0 Å². The summed E-state index contributed by atoms with van der Waals surface area (Å²) >= 11 is 0. The lowest BCUT2D eigenvalue weighted by Gasteiger charge is -2.23. The van der Waals surface area contributed by atoms with Gasteiger partial charge in [0.15, 0.2) is 5.65 Å². The van der Waals surface area contributed by atoms with E-state index in [9.17, 15) is 0 Å². The minimum Gasteiger partial charge on any atom is -0.383 e. The van der Waals surface area contributed by atoms with Crippen molar-refractivity contribution in [3.8, 4) is 22.5 Å². The van der Waals surface area contributed by atoms with Crippen molar-refractivity contribution in [2.24, 2.45) is 0 Å². The van der Waals surface area contributed by atoms with Crippen molar-refractivity contribution in [3.05, 3.63) is 78.8 Å². The summed E-state index contributed by atoms with van der Waals surface area (Å²) in [5.74, 6) is 0.456. The van der Waals surface area contributed by atoms with Crippen LogP contribution in [-0.4, -0.2) is 42.6 Å². The number of rotatable bonds is 5. The van der Waals surface area contributed by atoms with E-state index < -0.39 is 0 Å². The Morgan fingerprint density at radius 3 is 2.50 bits per heavy atom. The lowest BCUT2D eigenvalue weighted by atomic mass is 10.1. The van der Waals surface area contributed by atoms with Gasteiger partial charge in [-0.15, -0.1) is 0 Å². The van der Waals surface area contributed by atoms with E-state index >= 15 is 0 Å². The van der Waals surface area contributed by atoms with E-state index in [1.165, 1.54) is 11.9 Å². The molecule has 1 radical (unpaired) electrons. The predicted octanol–water partition coefficient (Wildman–Crippen LogP) is 3.71. The Kier molecular flexibility index (Phi) is 5.27. The molecular weight excluding hydrogens is 424 g/mol. The van der Waals surface area contributed by atoms with Crippen LogP contribution in [0, 0.1) is 6.07 Å². The van der Waals surface area contributed by atoms with Crippen LogP contribution in [0.25, 0.3) is 33.5 Å². The number of anilines is 1. The molecule has 0 spiro atoms. The Morgan fingerprint density at radius 2 is 1.71 bits per heavy atom. The topological polar surface area (TPSA) is 99.5 Å². The number of nitrogen functional groups attached to an aromatic ring is 1. The highest BCUT2D eigenvalue weighted by Gasteiger charge is 2.23. The molecule has 0 aliphatic carbocycles. The molecule has 4 heterocycles. The quantitative estimate of drug-likeness (QED) is 0.424. The van der Waals surface area contributed by atoms with Crippen LogP contribution in [0.4, 0.5) is 5.82 Å². The van der Waals surface area contributed by atoms with E-state index in [1.807, 2.05) is 33.8 Å². The van der Waals surface area contributed by atoms with E-state index in [0.717, 1.165) is 66.0 Å². The zero-order valence-electron chi connectivity index (χ0n) is 18.7. The molecular formula is C26H25N8. The zero-order chi connectivity index (χ0) is 22.9. The van der Waals surface area contributed by atoms with Crippen molar-refractivity contribution in [2.45, 2.75) is 25.4 Å². The molecule has 0 bridgehead atoms. The number of hydrogen-bond acceptors (Lipinski definition) is 6. The second-order valence-electron chi connectivity index (χ2n) is 8.61. The van der Waals surface area contributed by atoms with Gasteiger partial charge in [-0.05, 0) is 31.5 Å². The van der Waals surface area contributed by atoms with Gasteiger partial charge in [-0.25, -0.2) is 14.6 Å². The first-order chi connectivity index (χ1) is 16.8. The third-order valence-corrected chi connectivity index (χ3v) is 6.37. The molecule has 0 unspecified atom stereocenters. The first-order valence-corrected chi connectivity index (χ1v) is 11.6. The molecule has 8 heteroatoms. The van der Waals surface area contributed by atoms with Gasteiger partial charge < -0.3 is 11.1 Å². The normalized spacial score (nSPS) is 14.6. The van der Waals surface area contributed by atoms with E-state index in [-0.39, 0.29) is 0 Å². The maximum Gasteiger partial charge on any atom is 0.164 e. The highest BCUT2D eigenvalue weighted by atomic mass is 15.3. The van der Waals surface area contributed by atoms with Crippen molar-refractivity contribution in [2.75, 3.05) is 18.8 Å². The molecule has 1 fully saturated rings. The van der Waals surface area contributed by atoms with Gasteiger partial charge in [0.05, 0.1) is 18.0 Å². The highest BCUT2D eigenvalue weighted by molar-refractivity contribution is 5.98. The summed E-state index contributed by atoms with van der Waals surface area (Å²) < 4.78 is 3.95. The van der Waals surface area contributed by atoms with Crippen LogP contribution in [-0.2, 0) is 6.54 Å². The number of piperidine rings is 1. The summed E-state index contributed by atoms with van der Waals surface area (Å²) in [4.78, 5) is 8.77. The minimum absolute atomic E-state index is 0.300. The average molecular weight is 450 g/mol. The molecule has 34 heavy (non-hydrogen) atoms. The molecule has 3 N–H and O–H groups in total. The van der Waals surface area contributed by atoms with Gasteiger partial charge in [0, 0.05) is 23.4 Å². The van der Waals surface area contributed by atoms with Gasteiger partial charge in [0.2, 0.25) is 0 Å². The second-order valence-corrected chi connectivity index (χ2v) is 8.61. The van der Waals surface area contributed by atoms with E-state index in [1.54, 1.807) is 0 Å². The Hall–Kier alpha value is -4.04. The number of nitrogens with zero attached hydrogens (tertiary/aromatic N) is 6. The molecule has 5 aromatic rings. The molecule has 1 aliphatic heterocycles. The number of nitrogens with one attached hydrogen (secondary N) is 1. The van der Waals surface area contributed by atoms with E-state index in [4.69, 9.17) is 15.9 Å². The molecule has 0 amide bonds. The van der Waals surface area contributed by atoms with Crippen molar-refractivity contribution >= 4 is 16.9 Å². The SMILES string of the molecule is Nc1ncnc2c1c(-c1ccc(-c3[c]cn(Cc4ccccc4)n3)cc1)nn2C1CCNCC1. The fourth-order valence-corrected chi connectivity index (χ4v) is 4.60. The fourth-order valence-electron chi connectivity index (χ4n) is 4.60. The number of aromatic nitrogens is 6. The smallest absolute Gasteiger partial charge is 0.164 e. The van der Waals surface area contributed by atoms with Crippen LogP contribution in [0.3, 0.4) is 0 Å². The molecule has 0 atom stereocenters. The maximum atomic E-state index is 6.29. The lowest BCUT2D eigenvalue weighted by Crippen LogP contribution is -2.30. The van der Waals surface area contributed by atoms with Gasteiger partial charge in [-0.2, -0.15) is 10.2 Å². The lowest BCUT2D eigenvalue weighted by molar-refractivity contribution is 0.350. The first kappa shape index (κ1) is 20.6. The summed E-state index contributed by atoms with van der Waals surface area (Å²) in [6.07, 6.45) is 5.44. The molecule has 6 rings (SSSR count). The largest absolute Gasteiger partial charge is 0.383 e. The molecule has 8 nitrogen and oxygen atoms in total. The van der Waals surface area contributed by atoms with Crippen LogP contribution in [0.2, 0.25) is 0 Å². The summed E-state index contributed by atoms with van der Waals surface area (Å²) in [6.45, 7) is 2.67. The Morgan fingerprint density at radius 1 is 0.941 bits per heavy atom. The monoisotopic (exact) mass is 449 g/mol. The van der Waals surface area contributed by atoms with Crippen LogP contribution in [0.1, 0.15) is 24.4 Å². The summed E-state index contributed by atoms with van der Waals surface area (Å²) in [6, 6.07) is 22.1. The van der Waals surface area contributed by atoms with Gasteiger partial charge in [0.25, 0.3) is 0 Å². The fraction of sp³-hybridized carbons (Fsp3) is 0.231. The van der Waals surface area contributed by atoms with Gasteiger partial charge in [0.1, 0.15) is 23.5 Å². The van der Waals surface area contributed by atoms with Crippen LogP contribution >= 0.6 is 0 Å². The Balaban J connectivity index is 1.31. The van der Waals surface area contributed by atoms with Gasteiger partial charge in [-0.3, -0.25) is 4.68 Å². The van der Waals surface area contributed by atoms with E-state index in [0.29, 0.717) is 11.9 Å². The minimum atomic E-state index is 0.300. The van der Waals surface area contributed by atoms with Crippen molar-refractivity contribution < 1.29 is 0 Å². The molecule has 1 saturated heterocycles. The van der Waals surface area contributed by atoms with E-state index in [2.05, 4.69) is 57.7 Å². The Bertz CT molecular complexity index is 1410. The number of fused-ring (bicyclic) bond motifs is 1. The highest BCUT2D eigenvalue weighted by Crippen LogP contribution is 2.34. The summed E-state index contributed by atoms with van der Waals surface area (Å²) in [5.41, 5.74) is 11.9. The zero-order valence-corrected chi connectivity index (χ0v) is 18.7. The van der Waals surface area contributed by atoms with Crippen molar-refractivity contribution in [3.63, 3.8) is 0 Å². The second kappa shape index (κ2) is 8.72. The summed E-state index contributed by atoms with van der Waals surface area (Å²) in [7, 11) is 0.